The molecule has 0 aliphatic carbocycles. The fourth-order valence-electron chi connectivity index (χ4n) is 3.09. The number of benzene rings is 2. The molecular formula is C23H22ClN5O3. The first-order valence-corrected chi connectivity index (χ1v) is 10.3. The zero-order valence-electron chi connectivity index (χ0n) is 17.8. The molecule has 0 spiro atoms. The zero-order valence-corrected chi connectivity index (χ0v) is 18.6. The van der Waals surface area contributed by atoms with Gasteiger partial charge in [0.15, 0.2) is 5.65 Å². The van der Waals surface area contributed by atoms with E-state index in [1.165, 1.54) is 4.52 Å². The molecule has 0 saturated carbocycles. The number of nitrogens with zero attached hydrogens (tertiary/aromatic N) is 4. The smallest absolute Gasteiger partial charge is 0.328 e. The third-order valence-electron chi connectivity index (χ3n) is 4.52. The molecule has 0 bridgehead atoms. The van der Waals surface area contributed by atoms with Crippen LogP contribution in [-0.4, -0.2) is 31.4 Å². The van der Waals surface area contributed by atoms with Gasteiger partial charge in [-0.15, -0.1) is 15.3 Å². The molecule has 4 rings (SSSR count). The summed E-state index contributed by atoms with van der Waals surface area (Å²) < 4.78 is 12.9. The van der Waals surface area contributed by atoms with Crippen molar-refractivity contribution in [3.05, 3.63) is 71.5 Å². The molecule has 8 nitrogen and oxygen atoms in total. The summed E-state index contributed by atoms with van der Waals surface area (Å²) in [6.07, 6.45) is 0. The van der Waals surface area contributed by atoms with Crippen molar-refractivity contribution < 1.29 is 14.3 Å². The molecule has 0 radical (unpaired) electrons. The molecule has 0 saturated heterocycles. The normalized spacial score (nSPS) is 12.5. The standard InChI is InChI=1S/C23H22ClN5O3/c1-23(2,3)32-21(30)20(25)15-9-10-17(16(13-15)14-7-5-4-6-8-14)31-19-12-11-18-26-27-22(24)29(18)28-19/h4-13,20H,25H2,1-3H3. The Bertz CT molecular complexity index is 1270. The molecule has 1 atom stereocenters. The van der Waals surface area contributed by atoms with Crippen molar-refractivity contribution >= 4 is 23.2 Å². The maximum Gasteiger partial charge on any atom is 0.328 e. The predicted octanol–water partition coefficient (Wildman–Crippen LogP) is 4.58. The molecule has 0 amide bonds. The molecule has 0 aliphatic rings. The van der Waals surface area contributed by atoms with Crippen molar-refractivity contribution in [1.29, 1.82) is 0 Å². The summed E-state index contributed by atoms with van der Waals surface area (Å²) in [7, 11) is 0. The van der Waals surface area contributed by atoms with Gasteiger partial charge in [-0.2, -0.15) is 4.52 Å². The van der Waals surface area contributed by atoms with E-state index in [9.17, 15) is 4.79 Å². The second-order valence-corrected chi connectivity index (χ2v) is 8.48. The summed E-state index contributed by atoms with van der Waals surface area (Å²) in [4.78, 5) is 12.5. The van der Waals surface area contributed by atoms with E-state index in [1.807, 2.05) is 36.4 Å². The van der Waals surface area contributed by atoms with Crippen LogP contribution < -0.4 is 10.5 Å². The molecule has 9 heteroatoms. The molecule has 2 aromatic heterocycles. The van der Waals surface area contributed by atoms with E-state index >= 15 is 0 Å². The summed E-state index contributed by atoms with van der Waals surface area (Å²) in [6, 6.07) is 17.4. The van der Waals surface area contributed by atoms with Gasteiger partial charge in [-0.1, -0.05) is 36.4 Å². The van der Waals surface area contributed by atoms with Crippen molar-refractivity contribution in [2.24, 2.45) is 5.73 Å². The van der Waals surface area contributed by atoms with Crippen LogP contribution in [0.4, 0.5) is 0 Å². The number of ether oxygens (including phenoxy) is 2. The Morgan fingerprint density at radius 1 is 1.06 bits per heavy atom. The zero-order chi connectivity index (χ0) is 22.9. The lowest BCUT2D eigenvalue weighted by atomic mass is 9.98. The van der Waals surface area contributed by atoms with Crippen LogP contribution in [0.15, 0.2) is 60.7 Å². The Hall–Kier alpha value is -3.49. The lowest BCUT2D eigenvalue weighted by Crippen LogP contribution is -2.31. The molecule has 2 aromatic carbocycles. The molecule has 164 valence electrons. The van der Waals surface area contributed by atoms with E-state index in [-0.39, 0.29) is 5.28 Å². The molecule has 4 aromatic rings. The average molecular weight is 452 g/mol. The number of nitrogens with two attached hydrogens (primary N) is 1. The largest absolute Gasteiger partial charge is 0.459 e. The van der Waals surface area contributed by atoms with Gasteiger partial charge in [0.1, 0.15) is 17.4 Å². The molecule has 1 unspecified atom stereocenters. The Morgan fingerprint density at radius 2 is 1.81 bits per heavy atom. The SMILES string of the molecule is CC(C)(C)OC(=O)C(N)c1ccc(Oc2ccc3nnc(Cl)n3n2)c(-c2ccccc2)c1. The first kappa shape index (κ1) is 21.7. The number of fused-ring (bicyclic) bond motifs is 1. The maximum absolute atomic E-state index is 12.5. The topological polar surface area (TPSA) is 105 Å². The van der Waals surface area contributed by atoms with Gasteiger partial charge in [-0.3, -0.25) is 0 Å². The van der Waals surface area contributed by atoms with Crippen molar-refractivity contribution in [3.63, 3.8) is 0 Å². The number of carbonyl (C=O) groups is 1. The van der Waals surface area contributed by atoms with Crippen molar-refractivity contribution in [2.75, 3.05) is 0 Å². The first-order valence-electron chi connectivity index (χ1n) is 9.95. The minimum absolute atomic E-state index is 0.132. The summed E-state index contributed by atoms with van der Waals surface area (Å²) in [5.41, 5.74) is 8.32. The first-order chi connectivity index (χ1) is 15.2. The van der Waals surface area contributed by atoms with E-state index in [2.05, 4.69) is 15.3 Å². The number of carbonyl (C=O) groups excluding carboxylic acids is 1. The third-order valence-corrected chi connectivity index (χ3v) is 4.76. The van der Waals surface area contributed by atoms with Gasteiger partial charge in [0.05, 0.1) is 0 Å². The number of halogens is 1. The predicted molar refractivity (Wildman–Crippen MR) is 121 cm³/mol. The number of rotatable bonds is 5. The molecular weight excluding hydrogens is 430 g/mol. The van der Waals surface area contributed by atoms with E-state index in [4.69, 9.17) is 26.8 Å². The van der Waals surface area contributed by atoms with Crippen molar-refractivity contribution in [3.8, 4) is 22.8 Å². The summed E-state index contributed by atoms with van der Waals surface area (Å²) in [5, 5.41) is 12.2. The Morgan fingerprint density at radius 3 is 2.53 bits per heavy atom. The van der Waals surface area contributed by atoms with Crippen LogP contribution in [-0.2, 0) is 9.53 Å². The fraction of sp³-hybridized carbons (Fsp3) is 0.217. The van der Waals surface area contributed by atoms with Crippen LogP contribution in [0.5, 0.6) is 11.6 Å². The Kier molecular flexibility index (Phi) is 5.82. The molecule has 32 heavy (non-hydrogen) atoms. The van der Waals surface area contributed by atoms with Gasteiger partial charge in [0.2, 0.25) is 11.2 Å². The quantitative estimate of drug-likeness (QED) is 0.443. The van der Waals surface area contributed by atoms with Gasteiger partial charge in [0.25, 0.3) is 0 Å². The molecule has 0 aliphatic heterocycles. The second-order valence-electron chi connectivity index (χ2n) is 8.15. The number of hydrogen-bond donors (Lipinski definition) is 1. The minimum atomic E-state index is -0.934. The lowest BCUT2D eigenvalue weighted by molar-refractivity contribution is -0.156. The van der Waals surface area contributed by atoms with E-state index in [0.717, 1.165) is 11.1 Å². The van der Waals surface area contributed by atoms with E-state index in [0.29, 0.717) is 22.8 Å². The highest BCUT2D eigenvalue weighted by Crippen LogP contribution is 2.35. The molecule has 0 fully saturated rings. The Balaban J connectivity index is 1.71. The second kappa shape index (κ2) is 8.57. The van der Waals surface area contributed by atoms with Crippen molar-refractivity contribution in [1.82, 2.24) is 19.8 Å². The van der Waals surface area contributed by atoms with Gasteiger partial charge in [-0.25, -0.2) is 4.79 Å². The fourth-order valence-corrected chi connectivity index (χ4v) is 3.25. The monoisotopic (exact) mass is 451 g/mol. The highest BCUT2D eigenvalue weighted by Gasteiger charge is 2.24. The minimum Gasteiger partial charge on any atom is -0.459 e. The van der Waals surface area contributed by atoms with Gasteiger partial charge in [0, 0.05) is 11.6 Å². The van der Waals surface area contributed by atoms with Gasteiger partial charge < -0.3 is 15.2 Å². The maximum atomic E-state index is 12.5. The highest BCUT2D eigenvalue weighted by atomic mass is 35.5. The van der Waals surface area contributed by atoms with Crippen LogP contribution in [0.25, 0.3) is 16.8 Å². The van der Waals surface area contributed by atoms with Crippen LogP contribution in [0, 0.1) is 0 Å². The summed E-state index contributed by atoms with van der Waals surface area (Å²) in [5.74, 6) is 0.340. The van der Waals surface area contributed by atoms with Crippen LogP contribution in [0.3, 0.4) is 0 Å². The van der Waals surface area contributed by atoms with Gasteiger partial charge >= 0.3 is 5.97 Å². The average Bonchev–Trinajstić information content (AvgIpc) is 3.13. The summed E-state index contributed by atoms with van der Waals surface area (Å²) in [6.45, 7) is 5.40. The Labute approximate surface area is 189 Å². The van der Waals surface area contributed by atoms with Crippen LogP contribution >= 0.6 is 11.6 Å². The van der Waals surface area contributed by atoms with E-state index < -0.39 is 17.6 Å². The summed E-state index contributed by atoms with van der Waals surface area (Å²) >= 11 is 6.02. The lowest BCUT2D eigenvalue weighted by Gasteiger charge is -2.23. The molecule has 2 heterocycles. The van der Waals surface area contributed by atoms with E-state index in [1.54, 1.807) is 45.0 Å². The number of hydrogen-bond acceptors (Lipinski definition) is 7. The third kappa shape index (κ3) is 4.71. The highest BCUT2D eigenvalue weighted by molar-refractivity contribution is 6.28. The number of aromatic nitrogens is 4. The molecule has 2 N–H and O–H groups in total. The number of esters is 1. The van der Waals surface area contributed by atoms with Crippen LogP contribution in [0.2, 0.25) is 5.28 Å². The van der Waals surface area contributed by atoms with Gasteiger partial charge in [-0.05, 0) is 61.7 Å². The van der Waals surface area contributed by atoms with Crippen LogP contribution in [0.1, 0.15) is 32.4 Å². The van der Waals surface area contributed by atoms with Crippen molar-refractivity contribution in [2.45, 2.75) is 32.4 Å².